The molecule has 2 N–H and O–H groups in total. The van der Waals surface area contributed by atoms with Gasteiger partial charge < -0.3 is 14.8 Å². The zero-order valence-corrected chi connectivity index (χ0v) is 12.9. The van der Waals surface area contributed by atoms with Crippen LogP contribution in [-0.4, -0.2) is 45.7 Å². The molecule has 1 aromatic rings. The molecular weight excluding hydrogens is 337 g/mol. The van der Waals surface area contributed by atoms with E-state index in [1.165, 1.54) is 23.7 Å². The monoisotopic (exact) mass is 352 g/mol. The predicted octanol–water partition coefficient (Wildman–Crippen LogP) is 2.33. The van der Waals surface area contributed by atoms with Gasteiger partial charge in [-0.1, -0.05) is 11.8 Å². The van der Waals surface area contributed by atoms with Crippen LogP contribution in [0.3, 0.4) is 0 Å². The third kappa shape index (κ3) is 7.33. The van der Waals surface area contributed by atoms with E-state index in [1.807, 2.05) is 6.08 Å². The Bertz CT molecular complexity index is 558. The van der Waals surface area contributed by atoms with E-state index in [0.29, 0.717) is 0 Å². The molecule has 1 unspecified atom stereocenters. The van der Waals surface area contributed by atoms with Crippen LogP contribution in [-0.2, 0) is 9.59 Å². The number of halogens is 3. The molecule has 0 bridgehead atoms. The average Bonchev–Trinajstić information content (AvgIpc) is 2.93. The van der Waals surface area contributed by atoms with Crippen molar-refractivity contribution in [3.05, 3.63) is 23.9 Å². The van der Waals surface area contributed by atoms with Crippen molar-refractivity contribution in [1.82, 2.24) is 10.3 Å². The molecule has 6 nitrogen and oxygen atoms in total. The second-order valence-electron chi connectivity index (χ2n) is 4.49. The van der Waals surface area contributed by atoms with E-state index in [2.05, 4.69) is 10.3 Å². The molecule has 1 aromatic heterocycles. The number of carbonyl (C=O) groups is 2. The van der Waals surface area contributed by atoms with Gasteiger partial charge >= 0.3 is 12.1 Å². The number of carboxylic acids is 1. The van der Waals surface area contributed by atoms with Crippen LogP contribution in [0, 0.1) is 0 Å². The summed E-state index contributed by atoms with van der Waals surface area (Å²) in [4.78, 5) is 23.9. The number of piperidine rings is 1. The molecule has 10 heteroatoms. The lowest BCUT2D eigenvalue weighted by Gasteiger charge is -2.24. The Morgan fingerprint density at radius 3 is 2.65 bits per heavy atom. The number of carbonyl (C=O) groups excluding carboxylic acids is 1. The summed E-state index contributed by atoms with van der Waals surface area (Å²) in [5.41, 5.74) is 1.20. The molecule has 128 valence electrons. The average molecular weight is 352 g/mol. The number of nitrogens with zero attached hydrogens (tertiary/aromatic N) is 1. The minimum absolute atomic E-state index is 0.162. The van der Waals surface area contributed by atoms with Gasteiger partial charge in [0.15, 0.2) is 11.5 Å². The standard InChI is InChI=1S/C11H14N2O2S.C2HF3O2/c1-8(14)16-11-2-3-12-5-9(11)4-10-6-13-7-15-10;3-2(4,5)1(6)7/h4,6-7,11-12H,2-3,5H2,1H3;(H,6,7)/b9-4+;. The normalized spacial score (nSPS) is 19.8. The summed E-state index contributed by atoms with van der Waals surface area (Å²) < 4.78 is 36.9. The maximum atomic E-state index is 11.1. The highest BCUT2D eigenvalue weighted by Gasteiger charge is 2.38. The SMILES string of the molecule is CC(=O)SC1CCNC/C1=C\c1cnco1.O=C(O)C(F)(F)F. The molecule has 0 aromatic carbocycles. The second kappa shape index (κ2) is 8.73. The zero-order chi connectivity index (χ0) is 17.5. The van der Waals surface area contributed by atoms with E-state index >= 15 is 0 Å². The van der Waals surface area contributed by atoms with Crippen molar-refractivity contribution in [2.45, 2.75) is 24.8 Å². The molecule has 1 saturated heterocycles. The quantitative estimate of drug-likeness (QED) is 0.844. The zero-order valence-electron chi connectivity index (χ0n) is 12.1. The maximum absolute atomic E-state index is 11.1. The summed E-state index contributed by atoms with van der Waals surface area (Å²) in [6, 6.07) is 0. The van der Waals surface area contributed by atoms with Crippen molar-refractivity contribution >= 4 is 28.9 Å². The van der Waals surface area contributed by atoms with Crippen molar-refractivity contribution in [3.8, 4) is 0 Å². The Hall–Kier alpha value is -1.81. The van der Waals surface area contributed by atoms with Crippen LogP contribution in [0.25, 0.3) is 6.08 Å². The Labute approximate surface area is 134 Å². The fraction of sp³-hybridized carbons (Fsp3) is 0.462. The second-order valence-corrected chi connectivity index (χ2v) is 5.87. The van der Waals surface area contributed by atoms with E-state index < -0.39 is 12.1 Å². The molecule has 0 radical (unpaired) electrons. The minimum atomic E-state index is -5.08. The van der Waals surface area contributed by atoms with Crippen molar-refractivity contribution in [1.29, 1.82) is 0 Å². The Kier molecular flexibility index (Phi) is 7.30. The Morgan fingerprint density at radius 2 is 2.17 bits per heavy atom. The molecule has 2 rings (SSSR count). The lowest BCUT2D eigenvalue weighted by Crippen LogP contribution is -2.32. The van der Waals surface area contributed by atoms with Crippen LogP contribution in [0.4, 0.5) is 13.2 Å². The lowest BCUT2D eigenvalue weighted by molar-refractivity contribution is -0.192. The maximum Gasteiger partial charge on any atom is 0.490 e. The highest BCUT2D eigenvalue weighted by atomic mass is 32.2. The van der Waals surface area contributed by atoms with Crippen LogP contribution in [0.2, 0.25) is 0 Å². The summed E-state index contributed by atoms with van der Waals surface area (Å²) in [6.45, 7) is 3.38. The van der Waals surface area contributed by atoms with Crippen molar-refractivity contribution in [2.24, 2.45) is 0 Å². The van der Waals surface area contributed by atoms with Gasteiger partial charge in [-0.3, -0.25) is 4.79 Å². The first-order valence-corrected chi connectivity index (χ1v) is 7.35. The number of carboxylic acid groups (broad SMARTS) is 1. The molecule has 0 amide bonds. The third-order valence-electron chi connectivity index (χ3n) is 2.66. The number of hydrogen-bond donors (Lipinski definition) is 2. The van der Waals surface area contributed by atoms with Crippen LogP contribution >= 0.6 is 11.8 Å². The van der Waals surface area contributed by atoms with E-state index in [-0.39, 0.29) is 10.4 Å². The van der Waals surface area contributed by atoms with Gasteiger partial charge in [-0.25, -0.2) is 9.78 Å². The van der Waals surface area contributed by atoms with Crippen molar-refractivity contribution < 1.29 is 32.3 Å². The van der Waals surface area contributed by atoms with Gasteiger partial charge in [0.05, 0.1) is 6.20 Å². The fourth-order valence-corrected chi connectivity index (χ4v) is 2.66. The van der Waals surface area contributed by atoms with Gasteiger partial charge in [0.2, 0.25) is 0 Å². The van der Waals surface area contributed by atoms with Crippen molar-refractivity contribution in [2.75, 3.05) is 13.1 Å². The number of aliphatic carboxylic acids is 1. The summed E-state index contributed by atoms with van der Waals surface area (Å²) in [5, 5.41) is 10.9. The summed E-state index contributed by atoms with van der Waals surface area (Å²) in [7, 11) is 0. The molecule has 1 atom stereocenters. The lowest BCUT2D eigenvalue weighted by atomic mass is 10.1. The van der Waals surface area contributed by atoms with E-state index in [0.717, 1.165) is 25.3 Å². The van der Waals surface area contributed by atoms with E-state index in [9.17, 15) is 18.0 Å². The molecule has 1 fully saturated rings. The topological polar surface area (TPSA) is 92.4 Å². The first-order chi connectivity index (χ1) is 10.7. The van der Waals surface area contributed by atoms with Crippen LogP contribution in [0.5, 0.6) is 0 Å². The molecule has 0 saturated carbocycles. The molecular formula is C13H15F3N2O4S. The first-order valence-electron chi connectivity index (χ1n) is 6.47. The number of nitrogens with one attached hydrogen (secondary N) is 1. The van der Waals surface area contributed by atoms with Gasteiger partial charge in [-0.2, -0.15) is 13.2 Å². The number of hydrogen-bond acceptors (Lipinski definition) is 6. The summed E-state index contributed by atoms with van der Waals surface area (Å²) >= 11 is 1.40. The largest absolute Gasteiger partial charge is 0.490 e. The number of oxazole rings is 1. The van der Waals surface area contributed by atoms with Gasteiger partial charge in [-0.05, 0) is 24.6 Å². The summed E-state index contributed by atoms with van der Waals surface area (Å²) in [6.07, 6.45) is 0.955. The smallest absolute Gasteiger partial charge is 0.475 e. The fourth-order valence-electron chi connectivity index (χ4n) is 1.72. The number of alkyl halides is 3. The molecule has 1 aliphatic heterocycles. The van der Waals surface area contributed by atoms with Gasteiger partial charge in [0.25, 0.3) is 0 Å². The van der Waals surface area contributed by atoms with Crippen molar-refractivity contribution in [3.63, 3.8) is 0 Å². The highest BCUT2D eigenvalue weighted by molar-refractivity contribution is 8.14. The number of rotatable bonds is 2. The van der Waals surface area contributed by atoms with Crippen LogP contribution in [0.15, 0.2) is 22.6 Å². The highest BCUT2D eigenvalue weighted by Crippen LogP contribution is 2.26. The molecule has 0 spiro atoms. The molecule has 23 heavy (non-hydrogen) atoms. The van der Waals surface area contributed by atoms with Crippen LogP contribution < -0.4 is 5.32 Å². The Morgan fingerprint density at radius 1 is 1.52 bits per heavy atom. The third-order valence-corrected chi connectivity index (χ3v) is 3.81. The van der Waals surface area contributed by atoms with Gasteiger partial charge in [0.1, 0.15) is 5.76 Å². The minimum Gasteiger partial charge on any atom is -0.475 e. The van der Waals surface area contributed by atoms with Crippen LogP contribution in [0.1, 0.15) is 19.1 Å². The number of thioether (sulfide) groups is 1. The number of aromatic nitrogens is 1. The molecule has 1 aliphatic rings. The van der Waals surface area contributed by atoms with E-state index in [4.69, 9.17) is 14.3 Å². The van der Waals surface area contributed by atoms with Gasteiger partial charge in [0, 0.05) is 18.7 Å². The summed E-state index contributed by atoms with van der Waals surface area (Å²) in [5.74, 6) is -2.01. The predicted molar refractivity (Wildman–Crippen MR) is 77.7 cm³/mol. The first kappa shape index (κ1) is 19.2. The molecule has 0 aliphatic carbocycles. The Balaban J connectivity index is 0.000000322. The van der Waals surface area contributed by atoms with Gasteiger partial charge in [-0.15, -0.1) is 0 Å². The molecule has 2 heterocycles. The van der Waals surface area contributed by atoms with E-state index in [1.54, 1.807) is 13.1 Å².